The molecule has 4 rings (SSSR count). The van der Waals surface area contributed by atoms with Crippen molar-refractivity contribution in [3.63, 3.8) is 0 Å². The van der Waals surface area contributed by atoms with Crippen LogP contribution in [-0.4, -0.2) is 24.9 Å². The summed E-state index contributed by atoms with van der Waals surface area (Å²) in [6, 6.07) is 16.0. The Hall–Kier alpha value is -2.04. The van der Waals surface area contributed by atoms with Crippen molar-refractivity contribution in [1.82, 2.24) is 5.32 Å². The van der Waals surface area contributed by atoms with Gasteiger partial charge in [0.05, 0.1) is 6.10 Å². The van der Waals surface area contributed by atoms with E-state index in [2.05, 4.69) is 11.4 Å². The predicted molar refractivity (Wildman–Crippen MR) is 92.2 cm³/mol. The van der Waals surface area contributed by atoms with Crippen molar-refractivity contribution in [3.05, 3.63) is 59.7 Å². The highest BCUT2D eigenvalue weighted by atomic mass is 16.6. The number of nitrogens with one attached hydrogen (secondary N) is 1. The van der Waals surface area contributed by atoms with Crippen molar-refractivity contribution < 1.29 is 14.6 Å². The van der Waals surface area contributed by atoms with E-state index in [9.17, 15) is 5.11 Å². The summed E-state index contributed by atoms with van der Waals surface area (Å²) in [6.45, 7) is 2.80. The van der Waals surface area contributed by atoms with Crippen LogP contribution in [0, 0.1) is 5.41 Å². The van der Waals surface area contributed by atoms with Crippen LogP contribution in [0.4, 0.5) is 0 Å². The van der Waals surface area contributed by atoms with Crippen LogP contribution in [0.3, 0.4) is 0 Å². The normalized spacial score (nSPS) is 18.9. The Morgan fingerprint density at radius 3 is 2.50 bits per heavy atom. The molecule has 0 spiro atoms. The molecule has 1 aliphatic carbocycles. The van der Waals surface area contributed by atoms with E-state index in [1.807, 2.05) is 42.5 Å². The second kappa shape index (κ2) is 6.46. The topological polar surface area (TPSA) is 50.7 Å². The van der Waals surface area contributed by atoms with Crippen molar-refractivity contribution in [2.24, 2.45) is 5.41 Å². The van der Waals surface area contributed by atoms with Crippen molar-refractivity contribution in [2.45, 2.75) is 25.5 Å². The Balaban J connectivity index is 1.35. The van der Waals surface area contributed by atoms with Gasteiger partial charge < -0.3 is 19.9 Å². The van der Waals surface area contributed by atoms with Crippen molar-refractivity contribution >= 4 is 0 Å². The molecule has 4 nitrogen and oxygen atoms in total. The molecule has 2 aliphatic rings. The lowest BCUT2D eigenvalue weighted by atomic mass is 9.92. The highest BCUT2D eigenvalue weighted by Gasteiger charge is 2.48. The standard InChI is InChI=1S/C20H23NO3/c22-19(16-4-2-1-3-5-16)20(8-9-20)14-21-13-15-6-7-17-18(12-15)24-11-10-23-17/h1-7,12,19,21-22H,8-11,13-14H2. The zero-order valence-corrected chi connectivity index (χ0v) is 13.7. The molecule has 0 bridgehead atoms. The van der Waals surface area contributed by atoms with Gasteiger partial charge in [-0.05, 0) is 36.1 Å². The smallest absolute Gasteiger partial charge is 0.161 e. The van der Waals surface area contributed by atoms with Crippen LogP contribution in [0.15, 0.2) is 48.5 Å². The molecule has 126 valence electrons. The van der Waals surface area contributed by atoms with Crippen LogP contribution >= 0.6 is 0 Å². The summed E-state index contributed by atoms with van der Waals surface area (Å²) in [5, 5.41) is 14.2. The van der Waals surface area contributed by atoms with E-state index in [0.717, 1.165) is 43.0 Å². The zero-order chi connectivity index (χ0) is 16.4. The molecule has 0 aromatic heterocycles. The van der Waals surface area contributed by atoms with Crippen LogP contribution in [0.25, 0.3) is 0 Å². The Morgan fingerprint density at radius 1 is 1.00 bits per heavy atom. The van der Waals surface area contributed by atoms with Crippen LogP contribution in [0.5, 0.6) is 11.5 Å². The highest BCUT2D eigenvalue weighted by molar-refractivity contribution is 5.43. The third-order valence-electron chi connectivity index (χ3n) is 5.00. The van der Waals surface area contributed by atoms with Crippen molar-refractivity contribution in [3.8, 4) is 11.5 Å². The Morgan fingerprint density at radius 2 is 1.75 bits per heavy atom. The molecule has 0 amide bonds. The van der Waals surface area contributed by atoms with E-state index in [1.54, 1.807) is 0 Å². The van der Waals surface area contributed by atoms with E-state index in [1.165, 1.54) is 5.56 Å². The average molecular weight is 325 g/mol. The molecule has 1 fully saturated rings. The van der Waals surface area contributed by atoms with Gasteiger partial charge in [0.15, 0.2) is 11.5 Å². The maximum absolute atomic E-state index is 10.7. The zero-order valence-electron chi connectivity index (χ0n) is 13.7. The van der Waals surface area contributed by atoms with Crippen LogP contribution in [-0.2, 0) is 6.54 Å². The minimum absolute atomic E-state index is 0.0187. The minimum atomic E-state index is -0.397. The maximum Gasteiger partial charge on any atom is 0.161 e. The molecule has 1 unspecified atom stereocenters. The molecule has 24 heavy (non-hydrogen) atoms. The maximum atomic E-state index is 10.7. The van der Waals surface area contributed by atoms with E-state index in [4.69, 9.17) is 9.47 Å². The van der Waals surface area contributed by atoms with E-state index < -0.39 is 6.10 Å². The van der Waals surface area contributed by atoms with Gasteiger partial charge in [-0.15, -0.1) is 0 Å². The van der Waals surface area contributed by atoms with Gasteiger partial charge in [-0.3, -0.25) is 0 Å². The summed E-state index contributed by atoms with van der Waals surface area (Å²) in [5.41, 5.74) is 2.16. The first-order chi connectivity index (χ1) is 11.8. The predicted octanol–water partition coefficient (Wildman–Crippen LogP) is 3.06. The molecule has 1 aliphatic heterocycles. The molecule has 0 radical (unpaired) electrons. The molecule has 4 heteroatoms. The molecular formula is C20H23NO3. The first kappa shape index (κ1) is 15.5. The van der Waals surface area contributed by atoms with E-state index in [-0.39, 0.29) is 5.41 Å². The summed E-state index contributed by atoms with van der Waals surface area (Å²) < 4.78 is 11.2. The second-order valence-electron chi connectivity index (χ2n) is 6.76. The first-order valence-corrected chi connectivity index (χ1v) is 8.59. The highest BCUT2D eigenvalue weighted by Crippen LogP contribution is 2.54. The van der Waals surface area contributed by atoms with Gasteiger partial charge in [0.2, 0.25) is 0 Å². The summed E-state index contributed by atoms with van der Waals surface area (Å²) >= 11 is 0. The van der Waals surface area contributed by atoms with Gasteiger partial charge in [0.1, 0.15) is 13.2 Å². The molecule has 2 aromatic carbocycles. The Bertz CT molecular complexity index is 697. The fraction of sp³-hybridized carbons (Fsp3) is 0.400. The number of aliphatic hydroxyl groups excluding tert-OH is 1. The van der Waals surface area contributed by atoms with E-state index in [0.29, 0.717) is 13.2 Å². The fourth-order valence-electron chi connectivity index (χ4n) is 3.35. The lowest BCUT2D eigenvalue weighted by Gasteiger charge is -2.23. The van der Waals surface area contributed by atoms with Gasteiger partial charge in [-0.2, -0.15) is 0 Å². The van der Waals surface area contributed by atoms with Crippen LogP contribution < -0.4 is 14.8 Å². The SMILES string of the molecule is OC(c1ccccc1)C1(CNCc2ccc3c(c2)OCCO3)CC1. The lowest BCUT2D eigenvalue weighted by molar-refractivity contribution is 0.0917. The van der Waals surface area contributed by atoms with Gasteiger partial charge >= 0.3 is 0 Å². The number of hydrogen-bond acceptors (Lipinski definition) is 4. The Labute approximate surface area is 142 Å². The molecule has 1 atom stereocenters. The van der Waals surface area contributed by atoms with Crippen LogP contribution in [0.1, 0.15) is 30.1 Å². The number of rotatable bonds is 6. The number of benzene rings is 2. The molecule has 0 saturated heterocycles. The van der Waals surface area contributed by atoms with Gasteiger partial charge in [-0.25, -0.2) is 0 Å². The molecule has 2 N–H and O–H groups in total. The summed E-state index contributed by atoms with van der Waals surface area (Å²) in [7, 11) is 0. The van der Waals surface area contributed by atoms with Gasteiger partial charge in [0, 0.05) is 18.5 Å². The third kappa shape index (κ3) is 3.12. The molecule has 1 heterocycles. The Kier molecular flexibility index (Phi) is 4.17. The quantitative estimate of drug-likeness (QED) is 0.857. The monoisotopic (exact) mass is 325 g/mol. The molecular weight excluding hydrogens is 302 g/mol. The summed E-state index contributed by atoms with van der Waals surface area (Å²) in [6.07, 6.45) is 1.74. The van der Waals surface area contributed by atoms with Crippen molar-refractivity contribution in [2.75, 3.05) is 19.8 Å². The number of hydrogen-bond donors (Lipinski definition) is 2. The second-order valence-corrected chi connectivity index (χ2v) is 6.76. The van der Waals surface area contributed by atoms with Gasteiger partial charge in [0.25, 0.3) is 0 Å². The van der Waals surface area contributed by atoms with Crippen molar-refractivity contribution in [1.29, 1.82) is 0 Å². The summed E-state index contributed by atoms with van der Waals surface area (Å²) in [4.78, 5) is 0. The minimum Gasteiger partial charge on any atom is -0.486 e. The summed E-state index contributed by atoms with van der Waals surface area (Å²) in [5.74, 6) is 1.65. The lowest BCUT2D eigenvalue weighted by Crippen LogP contribution is -2.28. The average Bonchev–Trinajstić information content (AvgIpc) is 3.43. The first-order valence-electron chi connectivity index (χ1n) is 8.59. The number of ether oxygens (including phenoxy) is 2. The molecule has 1 saturated carbocycles. The number of aliphatic hydroxyl groups is 1. The largest absolute Gasteiger partial charge is 0.486 e. The fourth-order valence-corrected chi connectivity index (χ4v) is 3.35. The van der Waals surface area contributed by atoms with E-state index >= 15 is 0 Å². The van der Waals surface area contributed by atoms with Gasteiger partial charge in [-0.1, -0.05) is 36.4 Å². The van der Waals surface area contributed by atoms with Crippen LogP contribution in [0.2, 0.25) is 0 Å². The molecule has 2 aromatic rings. The number of fused-ring (bicyclic) bond motifs is 1. The third-order valence-corrected chi connectivity index (χ3v) is 5.00.